The number of carbonyl (C=O) groups excluding carboxylic acids is 4. The average Bonchev–Trinajstić information content (AvgIpc) is 3.23. The van der Waals surface area contributed by atoms with Gasteiger partial charge in [-0.05, 0) is 12.5 Å². The van der Waals surface area contributed by atoms with E-state index in [4.69, 9.17) is 19.9 Å². The summed E-state index contributed by atoms with van der Waals surface area (Å²) in [4.78, 5) is 55.1. The maximum absolute atomic E-state index is 13.0. The van der Waals surface area contributed by atoms with Gasteiger partial charge in [0.2, 0.25) is 6.29 Å². The van der Waals surface area contributed by atoms with Gasteiger partial charge in [0.1, 0.15) is 22.8 Å². The summed E-state index contributed by atoms with van der Waals surface area (Å²) in [7, 11) is 1.43. The lowest BCUT2D eigenvalue weighted by molar-refractivity contribution is -0.169. The van der Waals surface area contributed by atoms with Crippen molar-refractivity contribution in [2.24, 2.45) is 5.16 Å². The molecule has 1 fully saturated rings. The van der Waals surface area contributed by atoms with E-state index < -0.39 is 47.4 Å². The minimum atomic E-state index is -1.29. The zero-order valence-electron chi connectivity index (χ0n) is 18.9. The molecule has 1 aromatic rings. The van der Waals surface area contributed by atoms with E-state index in [-0.39, 0.29) is 29.7 Å². The molecule has 190 valence electrons. The fourth-order valence-electron chi connectivity index (χ4n) is 3.29. The molecule has 3 atom stereocenters. The van der Waals surface area contributed by atoms with Crippen molar-refractivity contribution in [2.45, 2.75) is 31.6 Å². The second-order valence-corrected chi connectivity index (χ2v) is 9.03. The summed E-state index contributed by atoms with van der Waals surface area (Å²) >= 11 is 2.34. The maximum Gasteiger partial charge on any atom is 0.511 e. The van der Waals surface area contributed by atoms with Gasteiger partial charge in [-0.1, -0.05) is 5.16 Å². The molecule has 35 heavy (non-hydrogen) atoms. The van der Waals surface area contributed by atoms with Gasteiger partial charge in [0.15, 0.2) is 10.8 Å². The van der Waals surface area contributed by atoms with Crippen LogP contribution in [0.5, 0.6) is 0 Å². The molecule has 0 aliphatic carbocycles. The molecule has 1 saturated heterocycles. The monoisotopic (exact) mass is 529 g/mol. The van der Waals surface area contributed by atoms with Crippen LogP contribution in [0.15, 0.2) is 21.8 Å². The summed E-state index contributed by atoms with van der Waals surface area (Å²) in [5.41, 5.74) is 5.62. The third-order valence-corrected chi connectivity index (χ3v) is 6.74. The third-order valence-electron chi connectivity index (χ3n) is 4.72. The lowest BCUT2D eigenvalue weighted by atomic mass is 10.0. The van der Waals surface area contributed by atoms with Crippen molar-refractivity contribution in [3.8, 4) is 0 Å². The minimum Gasteiger partial charge on any atom is -0.435 e. The van der Waals surface area contributed by atoms with Gasteiger partial charge in [0.25, 0.3) is 11.8 Å². The summed E-state index contributed by atoms with van der Waals surface area (Å²) in [5, 5.41) is 15.7. The van der Waals surface area contributed by atoms with Crippen LogP contribution in [0.3, 0.4) is 0 Å². The molecule has 0 saturated carbocycles. The van der Waals surface area contributed by atoms with Gasteiger partial charge in [-0.25, -0.2) is 14.6 Å². The number of hydrogen-bond donors (Lipinski definition) is 3. The first-order valence-electron chi connectivity index (χ1n) is 10.2. The van der Waals surface area contributed by atoms with E-state index in [0.29, 0.717) is 11.3 Å². The quantitative estimate of drug-likeness (QED) is 0.0989. The van der Waals surface area contributed by atoms with Gasteiger partial charge in [0.05, 0.1) is 13.2 Å². The Morgan fingerprint density at radius 2 is 2.14 bits per heavy atom. The zero-order chi connectivity index (χ0) is 25.7. The number of oxime groups is 1. The van der Waals surface area contributed by atoms with Crippen molar-refractivity contribution >= 4 is 57.9 Å². The highest BCUT2D eigenvalue weighted by atomic mass is 32.2. The van der Waals surface area contributed by atoms with Crippen LogP contribution in [0, 0.1) is 0 Å². The average molecular weight is 530 g/mol. The Morgan fingerprint density at radius 1 is 1.40 bits per heavy atom. The third kappa shape index (κ3) is 5.66. The molecule has 1 aromatic heterocycles. The number of hydrogen-bond acceptors (Lipinski definition) is 14. The first-order chi connectivity index (χ1) is 16.7. The molecule has 2 amide bonds. The molecule has 2 aliphatic heterocycles. The summed E-state index contributed by atoms with van der Waals surface area (Å²) in [6.45, 7) is 3.04. The summed E-state index contributed by atoms with van der Waals surface area (Å²) in [5.74, 6) is -2.04. The number of β-lactam (4-membered cyclic amide) rings is 1. The molecule has 2 unspecified atom stereocenters. The summed E-state index contributed by atoms with van der Waals surface area (Å²) in [6.07, 6.45) is -2.30. The predicted octanol–water partition coefficient (Wildman–Crippen LogP) is 0.266. The molecule has 4 N–H and O–H groups in total. The number of nitrogen functional groups attached to an aromatic ring is 1. The van der Waals surface area contributed by atoms with E-state index in [9.17, 15) is 24.4 Å². The maximum atomic E-state index is 13.0. The number of esters is 1. The second kappa shape index (κ2) is 11.4. The van der Waals surface area contributed by atoms with Crippen molar-refractivity contribution in [3.63, 3.8) is 0 Å². The van der Waals surface area contributed by atoms with Gasteiger partial charge >= 0.3 is 12.1 Å². The number of amides is 2. The van der Waals surface area contributed by atoms with E-state index in [2.05, 4.69) is 20.2 Å². The first kappa shape index (κ1) is 26.2. The molecular weight excluding hydrogens is 506 g/mol. The van der Waals surface area contributed by atoms with Gasteiger partial charge in [0, 0.05) is 25.2 Å². The minimum absolute atomic E-state index is 0.0463. The lowest BCUT2D eigenvalue weighted by Crippen LogP contribution is -2.71. The summed E-state index contributed by atoms with van der Waals surface area (Å²) in [6, 6.07) is -1.01. The normalized spacial score (nSPS) is 20.5. The zero-order valence-corrected chi connectivity index (χ0v) is 20.5. The number of nitrogens with zero attached hydrogens (tertiary/aromatic N) is 3. The van der Waals surface area contributed by atoms with Gasteiger partial charge in [-0.15, -0.1) is 23.1 Å². The Hall–Kier alpha value is -3.37. The molecular formula is C19H23N5O9S2. The highest BCUT2D eigenvalue weighted by Crippen LogP contribution is 2.40. The lowest BCUT2D eigenvalue weighted by Gasteiger charge is -2.49. The first-order valence-corrected chi connectivity index (χ1v) is 12.1. The number of aromatic nitrogens is 1. The number of carbonyl (C=O) groups is 4. The number of thioether (sulfide) groups is 1. The fraction of sp³-hybridized carbons (Fsp3) is 0.474. The Kier molecular flexibility index (Phi) is 8.52. The largest absolute Gasteiger partial charge is 0.511 e. The number of nitrogens with one attached hydrogen (secondary N) is 1. The molecule has 0 aromatic carbocycles. The van der Waals surface area contributed by atoms with Crippen LogP contribution in [0.25, 0.3) is 0 Å². The Bertz CT molecular complexity index is 1070. The van der Waals surface area contributed by atoms with Gasteiger partial charge in [-0.2, -0.15) is 0 Å². The Balaban J connectivity index is 1.73. The van der Waals surface area contributed by atoms with Crippen molar-refractivity contribution in [1.82, 2.24) is 15.2 Å². The highest BCUT2D eigenvalue weighted by molar-refractivity contribution is 8.00. The van der Waals surface area contributed by atoms with Crippen LogP contribution in [-0.4, -0.2) is 88.5 Å². The summed E-state index contributed by atoms with van der Waals surface area (Å²) < 4.78 is 19.8. The SMILES string of the molecule is CCOC(=O)OC(C)OC(=O)C1=C(COC)CS[C@H]2C(NC(=O)C(=NO)c3csc(N)n3)C(=O)N12. The van der Waals surface area contributed by atoms with E-state index >= 15 is 0 Å². The van der Waals surface area contributed by atoms with Crippen LogP contribution >= 0.6 is 23.1 Å². The van der Waals surface area contributed by atoms with Crippen molar-refractivity contribution in [2.75, 3.05) is 31.8 Å². The van der Waals surface area contributed by atoms with Crippen LogP contribution < -0.4 is 11.1 Å². The van der Waals surface area contributed by atoms with Crippen LogP contribution in [0.4, 0.5) is 9.93 Å². The fourth-order valence-corrected chi connectivity index (χ4v) is 5.17. The Labute approximate surface area is 207 Å². The highest BCUT2D eigenvalue weighted by Gasteiger charge is 2.55. The molecule has 3 rings (SSSR count). The van der Waals surface area contributed by atoms with E-state index in [1.54, 1.807) is 6.92 Å². The molecule has 2 aliphatic rings. The molecule has 16 heteroatoms. The molecule has 3 heterocycles. The van der Waals surface area contributed by atoms with Gasteiger partial charge < -0.3 is 35.2 Å². The van der Waals surface area contributed by atoms with Crippen molar-refractivity contribution in [1.29, 1.82) is 0 Å². The number of ether oxygens (including phenoxy) is 4. The topological polar surface area (TPSA) is 192 Å². The predicted molar refractivity (Wildman–Crippen MR) is 122 cm³/mol. The van der Waals surface area contributed by atoms with Crippen molar-refractivity contribution in [3.05, 3.63) is 22.3 Å². The van der Waals surface area contributed by atoms with Crippen LogP contribution in [0.1, 0.15) is 19.5 Å². The number of thiazole rings is 1. The number of fused-ring (bicyclic) bond motifs is 1. The van der Waals surface area contributed by atoms with Crippen LogP contribution in [0.2, 0.25) is 0 Å². The molecule has 14 nitrogen and oxygen atoms in total. The Morgan fingerprint density at radius 3 is 2.74 bits per heavy atom. The number of nitrogens with two attached hydrogens (primary N) is 1. The number of anilines is 1. The van der Waals surface area contributed by atoms with E-state index in [1.165, 1.54) is 36.1 Å². The van der Waals surface area contributed by atoms with Crippen LogP contribution in [-0.2, 0) is 33.3 Å². The standard InChI is InChI=1S/C19H23N5O9S2/c1-4-31-19(28)33-8(2)32-17(27)13-9(5-30-3)6-34-16-12(15(26)24(13)16)22-14(25)11(23-29)10-7-35-18(20)21-10/h7-8,12,16,29H,4-6H2,1-3H3,(H2,20,21)(H,22,25)/t8?,12?,16-/m0/s1. The molecule has 0 radical (unpaired) electrons. The van der Waals surface area contributed by atoms with E-state index in [0.717, 1.165) is 11.3 Å². The second-order valence-electron chi connectivity index (χ2n) is 7.04. The number of rotatable bonds is 9. The molecule has 0 bridgehead atoms. The number of methoxy groups -OCH3 is 1. The van der Waals surface area contributed by atoms with E-state index in [1.807, 2.05) is 0 Å². The van der Waals surface area contributed by atoms with Gasteiger partial charge in [-0.3, -0.25) is 14.5 Å². The smallest absolute Gasteiger partial charge is 0.435 e. The molecule has 0 spiro atoms. The van der Waals surface area contributed by atoms with Crippen molar-refractivity contribution < 1.29 is 43.3 Å².